The monoisotopic (exact) mass is 295 g/mol. The van der Waals surface area contributed by atoms with Crippen LogP contribution in [0.25, 0.3) is 0 Å². The van der Waals surface area contributed by atoms with Crippen molar-refractivity contribution in [3.63, 3.8) is 0 Å². The number of halogens is 2. The molecule has 0 bridgehead atoms. The van der Waals surface area contributed by atoms with E-state index in [1.165, 1.54) is 12.4 Å². The molecular weight excluding hydrogens is 285 g/mol. The standard InChI is InChI=1S/C12H11BrFN3/c1-8(9-2-4-10(13)5-3-9)17-12-6-11(14)15-7-16-12/h2-8H,1H3,(H,15,16,17). The van der Waals surface area contributed by atoms with Gasteiger partial charge in [0, 0.05) is 16.6 Å². The first-order valence-electron chi connectivity index (χ1n) is 5.14. The normalized spacial score (nSPS) is 12.2. The lowest BCUT2D eigenvalue weighted by Gasteiger charge is -2.14. The van der Waals surface area contributed by atoms with E-state index in [-0.39, 0.29) is 6.04 Å². The molecular formula is C12H11BrFN3. The number of rotatable bonds is 3. The minimum atomic E-state index is -0.537. The first-order chi connectivity index (χ1) is 8.15. The third-order valence-corrected chi connectivity index (χ3v) is 2.90. The molecule has 0 saturated carbocycles. The van der Waals surface area contributed by atoms with Crippen molar-refractivity contribution in [2.24, 2.45) is 0 Å². The van der Waals surface area contributed by atoms with E-state index in [4.69, 9.17) is 0 Å². The highest BCUT2D eigenvalue weighted by molar-refractivity contribution is 9.10. The first kappa shape index (κ1) is 12.0. The zero-order valence-corrected chi connectivity index (χ0v) is 10.8. The minimum Gasteiger partial charge on any atom is -0.363 e. The third-order valence-electron chi connectivity index (χ3n) is 2.37. The summed E-state index contributed by atoms with van der Waals surface area (Å²) in [5, 5.41) is 3.11. The van der Waals surface area contributed by atoms with E-state index in [2.05, 4.69) is 31.2 Å². The molecule has 1 heterocycles. The molecule has 0 aliphatic rings. The zero-order chi connectivity index (χ0) is 12.3. The highest BCUT2D eigenvalue weighted by Crippen LogP contribution is 2.19. The Morgan fingerprint density at radius 3 is 2.59 bits per heavy atom. The van der Waals surface area contributed by atoms with Crippen LogP contribution >= 0.6 is 15.9 Å². The Kier molecular flexibility index (Phi) is 3.68. The number of hydrogen-bond donors (Lipinski definition) is 1. The molecule has 17 heavy (non-hydrogen) atoms. The average molecular weight is 296 g/mol. The molecule has 1 N–H and O–H groups in total. The quantitative estimate of drug-likeness (QED) is 0.880. The molecule has 0 aliphatic heterocycles. The number of hydrogen-bond acceptors (Lipinski definition) is 3. The van der Waals surface area contributed by atoms with Gasteiger partial charge in [0.05, 0.1) is 0 Å². The summed E-state index contributed by atoms with van der Waals surface area (Å²) in [6.07, 6.45) is 1.20. The largest absolute Gasteiger partial charge is 0.363 e. The fourth-order valence-corrected chi connectivity index (χ4v) is 1.73. The summed E-state index contributed by atoms with van der Waals surface area (Å²) in [5.74, 6) is -0.0570. The van der Waals surface area contributed by atoms with Gasteiger partial charge in [-0.25, -0.2) is 9.97 Å². The molecule has 2 rings (SSSR count). The molecule has 0 amide bonds. The number of benzene rings is 1. The maximum atomic E-state index is 12.9. The van der Waals surface area contributed by atoms with Gasteiger partial charge < -0.3 is 5.32 Å². The number of nitrogens with one attached hydrogen (secondary N) is 1. The molecule has 1 aromatic carbocycles. The Morgan fingerprint density at radius 2 is 1.94 bits per heavy atom. The van der Waals surface area contributed by atoms with Crippen molar-refractivity contribution in [2.45, 2.75) is 13.0 Å². The first-order valence-corrected chi connectivity index (χ1v) is 5.94. The predicted octanol–water partition coefficient (Wildman–Crippen LogP) is 3.55. The van der Waals surface area contributed by atoms with Crippen molar-refractivity contribution < 1.29 is 4.39 Å². The molecule has 0 radical (unpaired) electrons. The van der Waals surface area contributed by atoms with Gasteiger partial charge in [-0.2, -0.15) is 4.39 Å². The Morgan fingerprint density at radius 1 is 1.24 bits per heavy atom. The zero-order valence-electron chi connectivity index (χ0n) is 9.19. The molecule has 1 atom stereocenters. The van der Waals surface area contributed by atoms with Gasteiger partial charge in [-0.15, -0.1) is 0 Å². The van der Waals surface area contributed by atoms with Crippen LogP contribution in [0.3, 0.4) is 0 Å². The van der Waals surface area contributed by atoms with E-state index in [9.17, 15) is 4.39 Å². The van der Waals surface area contributed by atoms with Gasteiger partial charge in [-0.1, -0.05) is 28.1 Å². The Balaban J connectivity index is 2.11. The molecule has 3 nitrogen and oxygen atoms in total. The summed E-state index contributed by atoms with van der Waals surface area (Å²) in [6, 6.07) is 9.26. The molecule has 0 saturated heterocycles. The summed E-state index contributed by atoms with van der Waals surface area (Å²) in [4.78, 5) is 7.36. The van der Waals surface area contributed by atoms with E-state index in [0.29, 0.717) is 5.82 Å². The van der Waals surface area contributed by atoms with E-state index >= 15 is 0 Å². The highest BCUT2D eigenvalue weighted by Gasteiger charge is 2.06. The van der Waals surface area contributed by atoms with Gasteiger partial charge in [-0.3, -0.25) is 0 Å². The molecule has 88 valence electrons. The number of aromatic nitrogens is 2. The van der Waals surface area contributed by atoms with Crippen LogP contribution in [0.15, 0.2) is 41.1 Å². The summed E-state index contributed by atoms with van der Waals surface area (Å²) in [5.41, 5.74) is 1.10. The fourth-order valence-electron chi connectivity index (χ4n) is 1.47. The van der Waals surface area contributed by atoms with Crippen molar-refractivity contribution >= 4 is 21.7 Å². The van der Waals surface area contributed by atoms with E-state index in [0.717, 1.165) is 10.0 Å². The summed E-state index contributed by atoms with van der Waals surface area (Å²) < 4.78 is 13.9. The van der Waals surface area contributed by atoms with Crippen molar-refractivity contribution in [1.82, 2.24) is 9.97 Å². The predicted molar refractivity (Wildman–Crippen MR) is 68.2 cm³/mol. The van der Waals surface area contributed by atoms with Crippen LogP contribution in [0.2, 0.25) is 0 Å². The van der Waals surface area contributed by atoms with E-state index in [1.807, 2.05) is 31.2 Å². The van der Waals surface area contributed by atoms with Crippen LogP contribution in [0.4, 0.5) is 10.2 Å². The van der Waals surface area contributed by atoms with Crippen molar-refractivity contribution in [3.8, 4) is 0 Å². The molecule has 1 aromatic heterocycles. The molecule has 5 heteroatoms. The van der Waals surface area contributed by atoms with Crippen LogP contribution in [-0.4, -0.2) is 9.97 Å². The second kappa shape index (κ2) is 5.23. The maximum Gasteiger partial charge on any atom is 0.217 e. The van der Waals surface area contributed by atoms with Crippen molar-refractivity contribution in [3.05, 3.63) is 52.6 Å². The molecule has 2 aromatic rings. The summed E-state index contributed by atoms with van der Waals surface area (Å²) in [7, 11) is 0. The van der Waals surface area contributed by atoms with Gasteiger partial charge in [0.1, 0.15) is 12.1 Å². The van der Waals surface area contributed by atoms with Gasteiger partial charge in [0.25, 0.3) is 0 Å². The van der Waals surface area contributed by atoms with Crippen molar-refractivity contribution in [2.75, 3.05) is 5.32 Å². The molecule has 0 spiro atoms. The lowest BCUT2D eigenvalue weighted by Crippen LogP contribution is -2.08. The Bertz CT molecular complexity index is 501. The van der Waals surface area contributed by atoms with Crippen LogP contribution < -0.4 is 5.32 Å². The van der Waals surface area contributed by atoms with Gasteiger partial charge in [0.15, 0.2) is 0 Å². The lowest BCUT2D eigenvalue weighted by atomic mass is 10.1. The smallest absolute Gasteiger partial charge is 0.217 e. The lowest BCUT2D eigenvalue weighted by molar-refractivity contribution is 0.579. The second-order valence-electron chi connectivity index (χ2n) is 3.64. The van der Waals surface area contributed by atoms with Crippen LogP contribution in [0.5, 0.6) is 0 Å². The van der Waals surface area contributed by atoms with Crippen molar-refractivity contribution in [1.29, 1.82) is 0 Å². The molecule has 0 fully saturated rings. The highest BCUT2D eigenvalue weighted by atomic mass is 79.9. The molecule has 0 aliphatic carbocycles. The number of anilines is 1. The van der Waals surface area contributed by atoms with E-state index in [1.54, 1.807) is 0 Å². The van der Waals surface area contributed by atoms with Crippen LogP contribution in [0, 0.1) is 5.95 Å². The summed E-state index contributed by atoms with van der Waals surface area (Å²) in [6.45, 7) is 1.99. The summed E-state index contributed by atoms with van der Waals surface area (Å²) >= 11 is 3.38. The minimum absolute atomic E-state index is 0.0531. The van der Waals surface area contributed by atoms with Gasteiger partial charge in [0.2, 0.25) is 5.95 Å². The van der Waals surface area contributed by atoms with Gasteiger partial charge >= 0.3 is 0 Å². The number of nitrogens with zero attached hydrogens (tertiary/aromatic N) is 2. The second-order valence-corrected chi connectivity index (χ2v) is 4.56. The third kappa shape index (κ3) is 3.23. The maximum absolute atomic E-state index is 12.9. The van der Waals surface area contributed by atoms with Crippen LogP contribution in [0.1, 0.15) is 18.5 Å². The topological polar surface area (TPSA) is 37.8 Å². The van der Waals surface area contributed by atoms with E-state index < -0.39 is 5.95 Å². The van der Waals surface area contributed by atoms with Gasteiger partial charge in [-0.05, 0) is 24.6 Å². The SMILES string of the molecule is CC(Nc1cc(F)ncn1)c1ccc(Br)cc1. The fraction of sp³-hybridized carbons (Fsp3) is 0.167. The molecule has 1 unspecified atom stereocenters. The Hall–Kier alpha value is -1.49. The van der Waals surface area contributed by atoms with Crippen LogP contribution in [-0.2, 0) is 0 Å². The average Bonchev–Trinajstić information content (AvgIpc) is 2.29. The Labute approximate surface area is 107 Å².